The molecule has 0 radical (unpaired) electrons. The van der Waals surface area contributed by atoms with Gasteiger partial charge in [-0.25, -0.2) is 0 Å². The van der Waals surface area contributed by atoms with Crippen LogP contribution in [0.15, 0.2) is 48.5 Å². The van der Waals surface area contributed by atoms with Crippen LogP contribution in [0.2, 0.25) is 0 Å². The monoisotopic (exact) mass is 337 g/mol. The van der Waals surface area contributed by atoms with Gasteiger partial charge in [-0.05, 0) is 30.7 Å². The van der Waals surface area contributed by atoms with Crippen LogP contribution in [0, 0.1) is 0 Å². The maximum absolute atomic E-state index is 12.8. The van der Waals surface area contributed by atoms with E-state index in [9.17, 15) is 18.0 Å². The first-order valence-electron chi connectivity index (χ1n) is 7.39. The average Bonchev–Trinajstić information content (AvgIpc) is 2.54. The fraction of sp³-hybridized carbons (Fsp3) is 0.278. The summed E-state index contributed by atoms with van der Waals surface area (Å²) < 4.78 is 43.5. The van der Waals surface area contributed by atoms with E-state index in [1.54, 1.807) is 37.3 Å². The van der Waals surface area contributed by atoms with Crippen LogP contribution in [-0.2, 0) is 17.4 Å². The van der Waals surface area contributed by atoms with Gasteiger partial charge in [-0.3, -0.25) is 4.79 Å². The first-order valence-corrected chi connectivity index (χ1v) is 7.39. The molecular weight excluding hydrogens is 319 g/mol. The number of benzene rings is 2. The first kappa shape index (κ1) is 17.8. The van der Waals surface area contributed by atoms with Crippen molar-refractivity contribution in [2.45, 2.75) is 25.6 Å². The maximum atomic E-state index is 12.8. The van der Waals surface area contributed by atoms with Crippen molar-refractivity contribution in [3.05, 3.63) is 65.2 Å². The summed E-state index contributed by atoms with van der Waals surface area (Å²) in [6.07, 6.45) is -4.32. The molecule has 0 saturated heterocycles. The highest BCUT2D eigenvalue weighted by Crippen LogP contribution is 2.30. The second-order valence-corrected chi connectivity index (χ2v) is 5.40. The predicted molar refractivity (Wildman–Crippen MR) is 84.7 cm³/mol. The number of ether oxygens (including phenoxy) is 1. The Morgan fingerprint density at radius 1 is 1.17 bits per heavy atom. The number of hydrogen-bond donors (Lipinski definition) is 1. The number of carbonyl (C=O) groups is 1. The molecule has 1 amide bonds. The van der Waals surface area contributed by atoms with Crippen LogP contribution in [0.4, 0.5) is 13.2 Å². The first-order chi connectivity index (χ1) is 11.3. The summed E-state index contributed by atoms with van der Waals surface area (Å²) in [4.78, 5) is 12.2. The Kier molecular flexibility index (Phi) is 5.49. The van der Waals surface area contributed by atoms with Crippen LogP contribution in [0.1, 0.15) is 29.7 Å². The van der Waals surface area contributed by atoms with E-state index in [1.165, 1.54) is 13.2 Å². The maximum Gasteiger partial charge on any atom is 0.416 e. The lowest BCUT2D eigenvalue weighted by molar-refractivity contribution is -0.137. The van der Waals surface area contributed by atoms with Crippen LogP contribution in [-0.4, -0.2) is 13.0 Å². The van der Waals surface area contributed by atoms with Crippen molar-refractivity contribution in [3.63, 3.8) is 0 Å². The largest absolute Gasteiger partial charge is 0.496 e. The van der Waals surface area contributed by atoms with Crippen LogP contribution in [0.3, 0.4) is 0 Å². The van der Waals surface area contributed by atoms with E-state index >= 15 is 0 Å². The predicted octanol–water partition coefficient (Wildman–Crippen LogP) is 4.13. The van der Waals surface area contributed by atoms with Crippen molar-refractivity contribution >= 4 is 5.91 Å². The van der Waals surface area contributed by atoms with Gasteiger partial charge >= 0.3 is 6.18 Å². The van der Waals surface area contributed by atoms with E-state index in [1.807, 2.05) is 0 Å². The summed E-state index contributed by atoms with van der Waals surface area (Å²) >= 11 is 0. The number of methoxy groups -OCH3 is 1. The lowest BCUT2D eigenvalue weighted by atomic mass is 10.0. The van der Waals surface area contributed by atoms with Crippen LogP contribution < -0.4 is 10.1 Å². The zero-order chi connectivity index (χ0) is 17.7. The number of carbonyl (C=O) groups excluding carboxylic acids is 1. The fourth-order valence-corrected chi connectivity index (χ4v) is 2.38. The van der Waals surface area contributed by atoms with Crippen molar-refractivity contribution in [1.82, 2.24) is 5.32 Å². The molecule has 0 aliphatic heterocycles. The number of para-hydroxylation sites is 1. The Bertz CT molecular complexity index is 713. The summed E-state index contributed by atoms with van der Waals surface area (Å²) in [5, 5.41) is 2.71. The van der Waals surface area contributed by atoms with Gasteiger partial charge in [-0.2, -0.15) is 13.2 Å². The smallest absolute Gasteiger partial charge is 0.416 e. The summed E-state index contributed by atoms with van der Waals surface area (Å²) in [6, 6.07) is 11.5. The van der Waals surface area contributed by atoms with Gasteiger partial charge < -0.3 is 10.1 Å². The Morgan fingerprint density at radius 3 is 2.54 bits per heavy atom. The van der Waals surface area contributed by atoms with E-state index in [0.29, 0.717) is 16.9 Å². The molecule has 0 aromatic heterocycles. The van der Waals surface area contributed by atoms with Gasteiger partial charge in [0.05, 0.1) is 25.1 Å². The molecule has 0 fully saturated rings. The minimum absolute atomic E-state index is 0.0906. The van der Waals surface area contributed by atoms with Crippen molar-refractivity contribution < 1.29 is 22.7 Å². The lowest BCUT2D eigenvalue weighted by Gasteiger charge is -2.17. The van der Waals surface area contributed by atoms with Gasteiger partial charge in [0.1, 0.15) is 5.75 Å². The van der Waals surface area contributed by atoms with Gasteiger partial charge in [0.25, 0.3) is 0 Å². The number of alkyl halides is 3. The molecule has 2 rings (SSSR count). The molecule has 3 nitrogen and oxygen atoms in total. The van der Waals surface area contributed by atoms with E-state index in [2.05, 4.69) is 5.32 Å². The molecule has 0 bridgehead atoms. The SMILES string of the molecule is COc1ccccc1CC(=O)NC(C)c1cccc(C(F)(F)F)c1. The summed E-state index contributed by atoms with van der Waals surface area (Å²) in [5.74, 6) is 0.309. The number of amides is 1. The summed E-state index contributed by atoms with van der Waals surface area (Å²) in [5.41, 5.74) is 0.387. The summed E-state index contributed by atoms with van der Waals surface area (Å²) in [7, 11) is 1.52. The van der Waals surface area contributed by atoms with Crippen molar-refractivity contribution in [3.8, 4) is 5.75 Å². The average molecular weight is 337 g/mol. The normalized spacial score (nSPS) is 12.5. The molecule has 24 heavy (non-hydrogen) atoms. The lowest BCUT2D eigenvalue weighted by Crippen LogP contribution is -2.28. The molecule has 6 heteroatoms. The van der Waals surface area contributed by atoms with Gasteiger partial charge in [-0.1, -0.05) is 30.3 Å². The highest BCUT2D eigenvalue weighted by Gasteiger charge is 2.30. The third-order valence-electron chi connectivity index (χ3n) is 3.63. The van der Waals surface area contributed by atoms with Crippen LogP contribution in [0.25, 0.3) is 0 Å². The van der Waals surface area contributed by atoms with Crippen LogP contribution in [0.5, 0.6) is 5.75 Å². The molecule has 128 valence electrons. The van der Waals surface area contributed by atoms with Gasteiger partial charge in [0, 0.05) is 5.56 Å². The van der Waals surface area contributed by atoms with Gasteiger partial charge in [0.15, 0.2) is 0 Å². The molecule has 2 aromatic carbocycles. The number of hydrogen-bond acceptors (Lipinski definition) is 2. The standard InChI is InChI=1S/C18H18F3NO2/c1-12(13-7-5-8-15(10-13)18(19,20)21)22-17(23)11-14-6-3-4-9-16(14)24-2/h3-10,12H,11H2,1-2H3,(H,22,23). The Hall–Kier alpha value is -2.50. The third-order valence-corrected chi connectivity index (χ3v) is 3.63. The molecule has 2 aromatic rings. The molecule has 0 saturated carbocycles. The second kappa shape index (κ2) is 7.38. The van der Waals surface area contributed by atoms with E-state index in [4.69, 9.17) is 4.74 Å². The minimum atomic E-state index is -4.41. The zero-order valence-electron chi connectivity index (χ0n) is 13.4. The quantitative estimate of drug-likeness (QED) is 0.891. The molecular formula is C18H18F3NO2. The third kappa shape index (κ3) is 4.50. The molecule has 0 aliphatic rings. The molecule has 0 heterocycles. The fourth-order valence-electron chi connectivity index (χ4n) is 2.38. The molecule has 1 atom stereocenters. The summed E-state index contributed by atoms with van der Waals surface area (Å²) in [6.45, 7) is 1.65. The molecule has 0 aliphatic carbocycles. The zero-order valence-corrected chi connectivity index (χ0v) is 13.4. The van der Waals surface area contributed by atoms with Crippen molar-refractivity contribution in [2.24, 2.45) is 0 Å². The Labute approximate surface area is 138 Å². The molecule has 1 N–H and O–H groups in total. The van der Waals surface area contributed by atoms with Crippen LogP contribution >= 0.6 is 0 Å². The van der Waals surface area contributed by atoms with Gasteiger partial charge in [0.2, 0.25) is 5.91 Å². The Balaban J connectivity index is 2.06. The minimum Gasteiger partial charge on any atom is -0.496 e. The van der Waals surface area contributed by atoms with Crippen molar-refractivity contribution in [2.75, 3.05) is 7.11 Å². The highest BCUT2D eigenvalue weighted by atomic mass is 19.4. The topological polar surface area (TPSA) is 38.3 Å². The van der Waals surface area contributed by atoms with E-state index in [-0.39, 0.29) is 12.3 Å². The molecule has 1 unspecified atom stereocenters. The Morgan fingerprint density at radius 2 is 1.88 bits per heavy atom. The number of rotatable bonds is 5. The van der Waals surface area contributed by atoms with Crippen molar-refractivity contribution in [1.29, 1.82) is 0 Å². The van der Waals surface area contributed by atoms with E-state index in [0.717, 1.165) is 12.1 Å². The number of nitrogens with one attached hydrogen (secondary N) is 1. The highest BCUT2D eigenvalue weighted by molar-refractivity contribution is 5.79. The van der Waals surface area contributed by atoms with E-state index < -0.39 is 17.8 Å². The second-order valence-electron chi connectivity index (χ2n) is 5.40. The van der Waals surface area contributed by atoms with Gasteiger partial charge in [-0.15, -0.1) is 0 Å². The molecule has 0 spiro atoms. The number of halogens is 3.